The molecule has 5 atom stereocenters. The van der Waals surface area contributed by atoms with Crippen LogP contribution >= 0.6 is 15.9 Å². The number of hydrogen-bond acceptors (Lipinski definition) is 6. The van der Waals surface area contributed by atoms with E-state index in [-0.39, 0.29) is 23.7 Å². The molecule has 162 valence electrons. The van der Waals surface area contributed by atoms with E-state index in [9.17, 15) is 24.0 Å². The Labute approximate surface area is 186 Å². The second-order valence-electron chi connectivity index (χ2n) is 7.84. The molecule has 1 saturated heterocycles. The van der Waals surface area contributed by atoms with Crippen LogP contribution < -0.4 is 10.9 Å². The number of halogens is 1. The fourth-order valence-electron chi connectivity index (χ4n) is 4.51. The Kier molecular flexibility index (Phi) is 5.65. The summed E-state index contributed by atoms with van der Waals surface area (Å²) in [6.07, 6.45) is 4.73. The molecule has 4 amide bonds. The number of rotatable bonds is 5. The number of likely N-dealkylation sites (tertiary alicyclic amines) is 1. The van der Waals surface area contributed by atoms with Gasteiger partial charge in [0.1, 0.15) is 6.04 Å². The molecule has 1 heterocycles. The summed E-state index contributed by atoms with van der Waals surface area (Å²) in [6.45, 7) is 0.738. The highest BCUT2D eigenvalue weighted by Crippen LogP contribution is 2.52. The van der Waals surface area contributed by atoms with E-state index in [1.54, 1.807) is 24.3 Å². The monoisotopic (exact) mass is 489 g/mol. The number of amides is 4. The fourth-order valence-corrected chi connectivity index (χ4v) is 4.77. The number of hydrazine groups is 1. The molecule has 0 unspecified atom stereocenters. The highest BCUT2D eigenvalue weighted by molar-refractivity contribution is 9.10. The van der Waals surface area contributed by atoms with Gasteiger partial charge in [-0.05, 0) is 49.4 Å². The largest absolute Gasteiger partial charge is 0.454 e. The van der Waals surface area contributed by atoms with Gasteiger partial charge in [0.05, 0.1) is 11.8 Å². The van der Waals surface area contributed by atoms with Crippen molar-refractivity contribution < 1.29 is 28.7 Å². The van der Waals surface area contributed by atoms with Crippen molar-refractivity contribution in [2.24, 2.45) is 23.7 Å². The first-order valence-electron chi connectivity index (χ1n) is 9.84. The van der Waals surface area contributed by atoms with Crippen molar-refractivity contribution >= 4 is 45.5 Å². The minimum atomic E-state index is -1.13. The van der Waals surface area contributed by atoms with Crippen molar-refractivity contribution in [1.29, 1.82) is 0 Å². The quantitative estimate of drug-likeness (QED) is 0.274. The Morgan fingerprint density at radius 1 is 1.06 bits per heavy atom. The van der Waals surface area contributed by atoms with E-state index in [1.807, 2.05) is 12.2 Å². The minimum absolute atomic E-state index is 0.0415. The number of imide groups is 1. The SMILES string of the molecule is C[C@H](C(=O)OCC(=O)NNC(=O)c1ccc(Br)cc1)N1C(=O)[C@H]2[C@H](C1=O)[C@H]1C=C[C@H]2C1. The predicted molar refractivity (Wildman–Crippen MR) is 110 cm³/mol. The Balaban J connectivity index is 1.26. The van der Waals surface area contributed by atoms with Gasteiger partial charge in [0.25, 0.3) is 11.8 Å². The second-order valence-corrected chi connectivity index (χ2v) is 8.75. The lowest BCUT2D eigenvalue weighted by atomic mass is 9.85. The second kappa shape index (κ2) is 8.26. The van der Waals surface area contributed by atoms with Crippen LogP contribution in [0.5, 0.6) is 0 Å². The van der Waals surface area contributed by atoms with E-state index in [1.165, 1.54) is 6.92 Å². The lowest BCUT2D eigenvalue weighted by molar-refractivity contribution is -0.160. The van der Waals surface area contributed by atoms with Crippen LogP contribution in [0.3, 0.4) is 0 Å². The van der Waals surface area contributed by atoms with E-state index in [4.69, 9.17) is 4.74 Å². The van der Waals surface area contributed by atoms with Crippen molar-refractivity contribution in [1.82, 2.24) is 15.8 Å². The summed E-state index contributed by atoms with van der Waals surface area (Å²) in [5, 5.41) is 0. The minimum Gasteiger partial charge on any atom is -0.454 e. The van der Waals surface area contributed by atoms with Crippen LogP contribution in [0.1, 0.15) is 23.7 Å². The first-order chi connectivity index (χ1) is 14.8. The molecule has 1 aromatic carbocycles. The van der Waals surface area contributed by atoms with Crippen LogP contribution in [-0.2, 0) is 23.9 Å². The van der Waals surface area contributed by atoms with Crippen LogP contribution in [0.15, 0.2) is 40.9 Å². The summed E-state index contributed by atoms with van der Waals surface area (Å²) in [7, 11) is 0. The van der Waals surface area contributed by atoms with Crippen molar-refractivity contribution in [2.75, 3.05) is 6.61 Å². The van der Waals surface area contributed by atoms with E-state index < -0.39 is 42.3 Å². The van der Waals surface area contributed by atoms with E-state index in [0.717, 1.165) is 15.8 Å². The maximum atomic E-state index is 12.7. The number of nitrogens with zero attached hydrogens (tertiary/aromatic N) is 1. The zero-order chi connectivity index (χ0) is 22.3. The molecule has 0 radical (unpaired) electrons. The molecule has 9 nitrogen and oxygen atoms in total. The lowest BCUT2D eigenvalue weighted by Crippen LogP contribution is -2.47. The van der Waals surface area contributed by atoms with Gasteiger partial charge in [0.2, 0.25) is 11.8 Å². The number of hydrogen-bond donors (Lipinski definition) is 2. The molecule has 2 N–H and O–H groups in total. The molecule has 2 aliphatic carbocycles. The summed E-state index contributed by atoms with van der Waals surface area (Å²) in [5.74, 6) is -3.61. The van der Waals surface area contributed by atoms with Gasteiger partial charge in [-0.1, -0.05) is 28.1 Å². The third kappa shape index (κ3) is 3.87. The molecule has 2 fully saturated rings. The zero-order valence-corrected chi connectivity index (χ0v) is 18.1. The highest BCUT2D eigenvalue weighted by Gasteiger charge is 2.60. The number of carbonyl (C=O) groups excluding carboxylic acids is 5. The van der Waals surface area contributed by atoms with Crippen molar-refractivity contribution in [3.63, 3.8) is 0 Å². The summed E-state index contributed by atoms with van der Waals surface area (Å²) in [6, 6.07) is 5.35. The Morgan fingerprint density at radius 3 is 2.23 bits per heavy atom. The number of benzene rings is 1. The number of allylic oxidation sites excluding steroid dienone is 2. The molecule has 0 spiro atoms. The molecule has 1 aromatic rings. The number of nitrogens with one attached hydrogen (secondary N) is 2. The van der Waals surface area contributed by atoms with Gasteiger partial charge < -0.3 is 4.74 Å². The summed E-state index contributed by atoms with van der Waals surface area (Å²) in [4.78, 5) is 62.7. The van der Waals surface area contributed by atoms with Gasteiger partial charge in [-0.15, -0.1) is 0 Å². The van der Waals surface area contributed by atoms with Crippen LogP contribution in [0.2, 0.25) is 0 Å². The van der Waals surface area contributed by atoms with E-state index in [2.05, 4.69) is 26.8 Å². The molecule has 1 aliphatic heterocycles. The highest BCUT2D eigenvalue weighted by atomic mass is 79.9. The zero-order valence-electron chi connectivity index (χ0n) is 16.5. The Bertz CT molecular complexity index is 961. The molecular weight excluding hydrogens is 470 g/mol. The summed E-state index contributed by atoms with van der Waals surface area (Å²) in [5.41, 5.74) is 4.69. The maximum absolute atomic E-state index is 12.7. The molecule has 0 aromatic heterocycles. The first kappa shape index (κ1) is 21.2. The van der Waals surface area contributed by atoms with Crippen molar-refractivity contribution in [2.45, 2.75) is 19.4 Å². The maximum Gasteiger partial charge on any atom is 0.329 e. The molecule has 10 heteroatoms. The fraction of sp³-hybridized carbons (Fsp3) is 0.381. The number of ether oxygens (including phenoxy) is 1. The van der Waals surface area contributed by atoms with Gasteiger partial charge in [0, 0.05) is 10.0 Å². The average Bonchev–Trinajstić information content (AvgIpc) is 3.44. The summed E-state index contributed by atoms with van der Waals surface area (Å²) >= 11 is 3.26. The van der Waals surface area contributed by atoms with Crippen LogP contribution in [0.25, 0.3) is 0 Å². The normalized spacial score (nSPS) is 26.6. The van der Waals surface area contributed by atoms with Gasteiger partial charge in [-0.2, -0.15) is 0 Å². The first-order valence-corrected chi connectivity index (χ1v) is 10.6. The predicted octanol–water partition coefficient (Wildman–Crippen LogP) is 0.949. The Morgan fingerprint density at radius 2 is 1.65 bits per heavy atom. The van der Waals surface area contributed by atoms with Crippen LogP contribution in [0, 0.1) is 23.7 Å². The van der Waals surface area contributed by atoms with Gasteiger partial charge in [0.15, 0.2) is 6.61 Å². The molecule has 1 saturated carbocycles. The molecule has 3 aliphatic rings. The van der Waals surface area contributed by atoms with E-state index >= 15 is 0 Å². The third-order valence-electron chi connectivity index (χ3n) is 6.00. The van der Waals surface area contributed by atoms with Crippen LogP contribution in [0.4, 0.5) is 0 Å². The smallest absolute Gasteiger partial charge is 0.329 e. The molecule has 31 heavy (non-hydrogen) atoms. The standard InChI is InChI=1S/C21H20BrN3O6/c1-10(25-19(28)16-12-2-3-13(8-12)17(16)20(25)29)21(30)31-9-15(26)23-24-18(27)11-4-6-14(22)7-5-11/h2-7,10,12-13,16-17H,8-9H2,1H3,(H,23,26)(H,24,27)/t10-,12+,13+,16-,17-/m1/s1. The molecular formula is C21H20BrN3O6. The topological polar surface area (TPSA) is 122 Å². The van der Waals surface area contributed by atoms with Crippen molar-refractivity contribution in [3.8, 4) is 0 Å². The number of fused-ring (bicyclic) bond motifs is 5. The number of esters is 1. The summed E-state index contributed by atoms with van der Waals surface area (Å²) < 4.78 is 5.75. The molecule has 2 bridgehead atoms. The van der Waals surface area contributed by atoms with Gasteiger partial charge >= 0.3 is 5.97 Å². The van der Waals surface area contributed by atoms with Crippen LogP contribution in [-0.4, -0.2) is 47.1 Å². The third-order valence-corrected chi connectivity index (χ3v) is 6.53. The average molecular weight is 490 g/mol. The lowest BCUT2D eigenvalue weighted by Gasteiger charge is -2.23. The van der Waals surface area contributed by atoms with E-state index in [0.29, 0.717) is 5.56 Å². The Hall–Kier alpha value is -3.01. The molecule has 4 rings (SSSR count). The number of carbonyl (C=O) groups is 5. The van der Waals surface area contributed by atoms with Gasteiger partial charge in [-0.3, -0.25) is 34.9 Å². The van der Waals surface area contributed by atoms with Gasteiger partial charge in [-0.25, -0.2) is 4.79 Å². The van der Waals surface area contributed by atoms with Crippen molar-refractivity contribution in [3.05, 3.63) is 46.5 Å².